The highest BCUT2D eigenvalue weighted by Crippen LogP contribution is 2.47. The van der Waals surface area contributed by atoms with E-state index in [-0.39, 0.29) is 0 Å². The smallest absolute Gasteiger partial charge is 0.0992 e. The number of fused-ring (bicyclic) bond motifs is 8. The molecule has 0 bridgehead atoms. The molecule has 30 heavy (non-hydrogen) atoms. The zero-order valence-corrected chi connectivity index (χ0v) is 17.3. The van der Waals surface area contributed by atoms with Crippen LogP contribution in [0.4, 0.5) is 0 Å². The summed E-state index contributed by atoms with van der Waals surface area (Å²) in [5.74, 6) is 0. The van der Waals surface area contributed by atoms with E-state index in [4.69, 9.17) is 0 Å². The summed E-state index contributed by atoms with van der Waals surface area (Å²) in [7, 11) is 0. The van der Waals surface area contributed by atoms with Gasteiger partial charge in [0.25, 0.3) is 0 Å². The van der Waals surface area contributed by atoms with Crippen LogP contribution in [-0.2, 0) is 0 Å². The molecule has 2 heteroatoms. The highest BCUT2D eigenvalue weighted by atomic mass is 32.1. The lowest BCUT2D eigenvalue weighted by Gasteiger charge is -2.10. The number of nitriles is 1. The van der Waals surface area contributed by atoms with E-state index < -0.39 is 0 Å². The average Bonchev–Trinajstić information content (AvgIpc) is 3.18. The lowest BCUT2D eigenvalue weighted by Crippen LogP contribution is -1.85. The fourth-order valence-corrected chi connectivity index (χ4v) is 5.95. The molecule has 140 valence electrons. The SMILES string of the molecule is Cc1cccc(-c2cc(C#N)cc3sc4c5ccccc5c5ccccc5c4c23)c1. The van der Waals surface area contributed by atoms with E-state index in [9.17, 15) is 5.26 Å². The maximum Gasteiger partial charge on any atom is 0.0992 e. The number of hydrogen-bond donors (Lipinski definition) is 0. The van der Waals surface area contributed by atoms with E-state index >= 15 is 0 Å². The number of aryl methyl sites for hydroxylation is 1. The predicted molar refractivity (Wildman–Crippen MR) is 129 cm³/mol. The molecule has 6 aromatic rings. The molecule has 0 spiro atoms. The van der Waals surface area contributed by atoms with Crippen molar-refractivity contribution in [1.29, 1.82) is 5.26 Å². The molecule has 1 aromatic heterocycles. The predicted octanol–water partition coefficient (Wildman–Crippen LogP) is 8.21. The Morgan fingerprint density at radius 3 is 2.13 bits per heavy atom. The van der Waals surface area contributed by atoms with E-state index in [0.29, 0.717) is 5.56 Å². The monoisotopic (exact) mass is 399 g/mol. The van der Waals surface area contributed by atoms with Crippen LogP contribution in [0.1, 0.15) is 11.1 Å². The largest absolute Gasteiger partial charge is 0.192 e. The van der Waals surface area contributed by atoms with E-state index in [2.05, 4.69) is 85.8 Å². The number of benzene rings is 5. The van der Waals surface area contributed by atoms with Crippen molar-refractivity contribution >= 4 is 53.1 Å². The topological polar surface area (TPSA) is 23.8 Å². The number of thiophene rings is 1. The molecule has 0 amide bonds. The molecule has 5 aromatic carbocycles. The molecule has 0 aliphatic carbocycles. The van der Waals surface area contributed by atoms with Gasteiger partial charge in [0, 0.05) is 25.6 Å². The fraction of sp³-hybridized carbons (Fsp3) is 0.0357. The number of rotatable bonds is 1. The maximum atomic E-state index is 9.70. The van der Waals surface area contributed by atoms with Crippen molar-refractivity contribution in [2.24, 2.45) is 0 Å². The highest BCUT2D eigenvalue weighted by molar-refractivity contribution is 7.27. The van der Waals surface area contributed by atoms with Crippen LogP contribution in [0.3, 0.4) is 0 Å². The van der Waals surface area contributed by atoms with Crippen LogP contribution in [0.5, 0.6) is 0 Å². The molecular weight excluding hydrogens is 382 g/mol. The highest BCUT2D eigenvalue weighted by Gasteiger charge is 2.18. The Hall–Kier alpha value is -3.67. The summed E-state index contributed by atoms with van der Waals surface area (Å²) in [5.41, 5.74) is 4.23. The van der Waals surface area contributed by atoms with Crippen LogP contribution in [0, 0.1) is 18.3 Å². The molecule has 0 radical (unpaired) electrons. The van der Waals surface area contributed by atoms with Gasteiger partial charge in [-0.05, 0) is 46.3 Å². The van der Waals surface area contributed by atoms with Gasteiger partial charge >= 0.3 is 0 Å². The summed E-state index contributed by atoms with van der Waals surface area (Å²) in [5, 5.41) is 17.4. The van der Waals surface area contributed by atoms with Gasteiger partial charge in [-0.3, -0.25) is 0 Å². The van der Waals surface area contributed by atoms with Crippen molar-refractivity contribution < 1.29 is 0 Å². The van der Waals surface area contributed by atoms with Gasteiger partial charge in [0.15, 0.2) is 0 Å². The Morgan fingerprint density at radius 1 is 0.700 bits per heavy atom. The van der Waals surface area contributed by atoms with Gasteiger partial charge < -0.3 is 0 Å². The molecule has 0 aliphatic rings. The Labute approximate surface area is 178 Å². The Kier molecular flexibility index (Phi) is 3.68. The van der Waals surface area contributed by atoms with Crippen molar-refractivity contribution in [2.45, 2.75) is 6.92 Å². The van der Waals surface area contributed by atoms with E-state index in [1.807, 2.05) is 12.1 Å². The Balaban J connectivity index is 1.92. The first kappa shape index (κ1) is 17.2. The summed E-state index contributed by atoms with van der Waals surface area (Å²) in [6.45, 7) is 2.11. The minimum Gasteiger partial charge on any atom is -0.192 e. The third-order valence-electron chi connectivity index (χ3n) is 5.91. The van der Waals surface area contributed by atoms with Crippen LogP contribution in [0.25, 0.3) is 52.8 Å². The molecule has 0 saturated carbocycles. The molecule has 0 aliphatic heterocycles. The first-order chi connectivity index (χ1) is 14.7. The van der Waals surface area contributed by atoms with Crippen molar-refractivity contribution in [3.63, 3.8) is 0 Å². The number of hydrogen-bond acceptors (Lipinski definition) is 2. The van der Waals surface area contributed by atoms with Crippen molar-refractivity contribution in [3.05, 3.63) is 96.1 Å². The van der Waals surface area contributed by atoms with Gasteiger partial charge in [-0.25, -0.2) is 0 Å². The minimum absolute atomic E-state index is 0.708. The minimum atomic E-state index is 0.708. The van der Waals surface area contributed by atoms with E-state index in [1.54, 1.807) is 11.3 Å². The van der Waals surface area contributed by atoms with Crippen molar-refractivity contribution in [2.75, 3.05) is 0 Å². The lowest BCUT2D eigenvalue weighted by molar-refractivity contribution is 1.47. The molecule has 0 unspecified atom stereocenters. The second kappa shape index (κ2) is 6.42. The van der Waals surface area contributed by atoms with E-state index in [1.165, 1.54) is 47.3 Å². The Morgan fingerprint density at radius 2 is 1.40 bits per heavy atom. The van der Waals surface area contributed by atoms with Crippen LogP contribution < -0.4 is 0 Å². The molecule has 6 rings (SSSR count). The summed E-state index contributed by atoms with van der Waals surface area (Å²) in [4.78, 5) is 0. The second-order valence-electron chi connectivity index (χ2n) is 7.78. The fourth-order valence-electron chi connectivity index (χ4n) is 4.63. The zero-order valence-electron chi connectivity index (χ0n) is 16.4. The standard InChI is InChI=1S/C28H17NS/c1-17-7-6-8-19(13-17)24-14-18(16-29)15-25-26(24)27-22-11-4-2-9-20(22)21-10-3-5-12-23(21)28(27)30-25/h2-15H,1H3. The zero-order chi connectivity index (χ0) is 20.2. The summed E-state index contributed by atoms with van der Waals surface area (Å²) in [6, 6.07) is 32.4. The van der Waals surface area contributed by atoms with Crippen molar-refractivity contribution in [1.82, 2.24) is 0 Å². The van der Waals surface area contributed by atoms with Crippen molar-refractivity contribution in [3.8, 4) is 17.2 Å². The number of nitrogens with zero attached hydrogens (tertiary/aromatic N) is 1. The quantitative estimate of drug-likeness (QED) is 0.256. The van der Waals surface area contributed by atoms with Gasteiger partial charge in [0.1, 0.15) is 0 Å². The third kappa shape index (κ3) is 2.40. The van der Waals surface area contributed by atoms with Gasteiger partial charge in [-0.2, -0.15) is 5.26 Å². The molecule has 1 heterocycles. The maximum absolute atomic E-state index is 9.70. The molecule has 0 saturated heterocycles. The summed E-state index contributed by atoms with van der Waals surface area (Å²) in [6.07, 6.45) is 0. The normalized spacial score (nSPS) is 11.5. The van der Waals surface area contributed by atoms with Gasteiger partial charge in [0.2, 0.25) is 0 Å². The molecule has 0 N–H and O–H groups in total. The molecule has 1 nitrogen and oxygen atoms in total. The van der Waals surface area contributed by atoms with Crippen LogP contribution in [-0.4, -0.2) is 0 Å². The molecule has 0 atom stereocenters. The van der Waals surface area contributed by atoms with Crippen LogP contribution in [0.15, 0.2) is 84.9 Å². The van der Waals surface area contributed by atoms with Crippen LogP contribution in [0.2, 0.25) is 0 Å². The molecular formula is C28H17NS. The van der Waals surface area contributed by atoms with Gasteiger partial charge in [-0.1, -0.05) is 78.4 Å². The summed E-state index contributed by atoms with van der Waals surface area (Å²) < 4.78 is 2.46. The van der Waals surface area contributed by atoms with Crippen LogP contribution >= 0.6 is 11.3 Å². The van der Waals surface area contributed by atoms with Gasteiger partial charge in [-0.15, -0.1) is 11.3 Å². The molecule has 0 fully saturated rings. The van der Waals surface area contributed by atoms with E-state index in [0.717, 1.165) is 11.1 Å². The Bertz CT molecular complexity index is 1660. The third-order valence-corrected chi connectivity index (χ3v) is 7.08. The van der Waals surface area contributed by atoms with Gasteiger partial charge in [0.05, 0.1) is 11.6 Å². The average molecular weight is 400 g/mol. The first-order valence-corrected chi connectivity index (χ1v) is 10.8. The first-order valence-electron chi connectivity index (χ1n) is 10.0. The second-order valence-corrected chi connectivity index (χ2v) is 8.83. The lowest BCUT2D eigenvalue weighted by atomic mass is 9.92. The summed E-state index contributed by atoms with van der Waals surface area (Å²) >= 11 is 1.80.